The van der Waals surface area contributed by atoms with Crippen LogP contribution in [0.4, 0.5) is 10.1 Å². The molecular weight excluding hydrogens is 445 g/mol. The third-order valence-electron chi connectivity index (χ3n) is 4.91. The molecule has 33 heavy (non-hydrogen) atoms. The fourth-order valence-corrected chi connectivity index (χ4v) is 4.14. The zero-order valence-corrected chi connectivity index (χ0v) is 18.8. The summed E-state index contributed by atoms with van der Waals surface area (Å²) in [6, 6.07) is 6.71. The molecule has 0 amide bonds. The molecule has 3 heterocycles. The van der Waals surface area contributed by atoms with E-state index in [0.29, 0.717) is 39.5 Å². The van der Waals surface area contributed by atoms with Crippen LogP contribution in [-0.4, -0.2) is 49.9 Å². The number of methoxy groups -OCH3 is 1. The number of aliphatic hydroxyl groups is 1. The predicted molar refractivity (Wildman–Crippen MR) is 125 cm³/mol. The summed E-state index contributed by atoms with van der Waals surface area (Å²) in [5.41, 5.74) is 2.15. The molecule has 0 atom stereocenters. The lowest BCUT2D eigenvalue weighted by molar-refractivity contribution is 0.311. The van der Waals surface area contributed by atoms with E-state index < -0.39 is 11.3 Å². The number of halogens is 1. The second-order valence-electron chi connectivity index (χ2n) is 7.14. The first-order valence-electron chi connectivity index (χ1n) is 9.95. The number of benzene rings is 1. The van der Waals surface area contributed by atoms with E-state index in [9.17, 15) is 4.39 Å². The van der Waals surface area contributed by atoms with Crippen LogP contribution in [-0.2, 0) is 7.05 Å². The maximum atomic E-state index is 14.5. The minimum Gasteiger partial charge on any atom is -0.494 e. The lowest BCUT2D eigenvalue weighted by Crippen LogP contribution is -2.27. The van der Waals surface area contributed by atoms with Crippen molar-refractivity contribution in [1.29, 1.82) is 10.8 Å². The molecule has 0 unspecified atom stereocenters. The number of hydrogen-bond donors (Lipinski definition) is 4. The Hall–Kier alpha value is -3.70. The third-order valence-corrected chi connectivity index (χ3v) is 5.79. The molecule has 4 N–H and O–H groups in total. The van der Waals surface area contributed by atoms with Gasteiger partial charge in [-0.1, -0.05) is 11.8 Å². The highest BCUT2D eigenvalue weighted by atomic mass is 32.2. The van der Waals surface area contributed by atoms with Crippen LogP contribution in [0.5, 0.6) is 5.75 Å². The molecule has 1 aromatic carbocycles. The summed E-state index contributed by atoms with van der Waals surface area (Å²) in [4.78, 5) is 5.11. The van der Waals surface area contributed by atoms with Gasteiger partial charge in [0.1, 0.15) is 0 Å². The second kappa shape index (κ2) is 9.43. The zero-order chi connectivity index (χ0) is 23.5. The Balaban J connectivity index is 1.69. The van der Waals surface area contributed by atoms with Crippen molar-refractivity contribution in [1.82, 2.24) is 19.3 Å². The Kier molecular flexibility index (Phi) is 6.43. The number of fused-ring (bicyclic) bond motifs is 1. The quantitative estimate of drug-likeness (QED) is 0.196. The van der Waals surface area contributed by atoms with Crippen molar-refractivity contribution in [3.8, 4) is 16.9 Å². The molecule has 0 fully saturated rings. The van der Waals surface area contributed by atoms with Crippen LogP contribution < -0.4 is 15.5 Å². The highest BCUT2D eigenvalue weighted by Crippen LogP contribution is 2.35. The number of pyridine rings is 2. The molecule has 0 aliphatic rings. The summed E-state index contributed by atoms with van der Waals surface area (Å²) in [6.45, 7) is 0.319. The van der Waals surface area contributed by atoms with Crippen LogP contribution in [0.1, 0.15) is 0 Å². The minimum absolute atomic E-state index is 0.0321. The number of aryl methyl sites for hydroxylation is 1. The molecule has 11 heteroatoms. The topological polar surface area (TPSA) is 125 Å². The normalized spacial score (nSPS) is 11.0. The molecule has 4 rings (SSSR count). The van der Waals surface area contributed by atoms with Gasteiger partial charge in [-0.05, 0) is 24.3 Å². The Labute approximate surface area is 192 Å². The maximum absolute atomic E-state index is 14.5. The van der Waals surface area contributed by atoms with Gasteiger partial charge in [-0.3, -0.25) is 25.1 Å². The van der Waals surface area contributed by atoms with Crippen LogP contribution in [0.15, 0.2) is 53.9 Å². The number of aromatic nitrogens is 4. The first-order valence-corrected chi connectivity index (χ1v) is 10.8. The van der Waals surface area contributed by atoms with Crippen molar-refractivity contribution in [3.05, 3.63) is 60.4 Å². The fraction of sp³-hybridized carbons (Fsp3) is 0.182. The molecule has 0 saturated heterocycles. The van der Waals surface area contributed by atoms with Crippen molar-refractivity contribution in [2.75, 3.05) is 25.6 Å². The average molecular weight is 468 g/mol. The maximum Gasteiger partial charge on any atom is 0.171 e. The SMILES string of the molecule is COc1c(NCCO)cnc2ccc(SC(=N)n3cc(-c4cnn(C)c4)cc(F)c3=N)cc12. The van der Waals surface area contributed by atoms with Gasteiger partial charge >= 0.3 is 0 Å². The average Bonchev–Trinajstić information content (AvgIpc) is 3.25. The Morgan fingerprint density at radius 2 is 2.06 bits per heavy atom. The number of hydrogen-bond acceptors (Lipinski definition) is 8. The molecule has 0 saturated carbocycles. The van der Waals surface area contributed by atoms with Crippen molar-refractivity contribution >= 4 is 33.5 Å². The van der Waals surface area contributed by atoms with Crippen molar-refractivity contribution < 1.29 is 14.2 Å². The summed E-state index contributed by atoms with van der Waals surface area (Å²) in [5.74, 6) is -0.161. The van der Waals surface area contributed by atoms with Crippen LogP contribution in [0.3, 0.4) is 0 Å². The second-order valence-corrected chi connectivity index (χ2v) is 8.20. The van der Waals surface area contributed by atoms with E-state index in [0.717, 1.165) is 17.1 Å². The van der Waals surface area contributed by atoms with Crippen molar-refractivity contribution in [2.45, 2.75) is 4.90 Å². The van der Waals surface area contributed by atoms with Crippen molar-refractivity contribution in [2.24, 2.45) is 7.05 Å². The van der Waals surface area contributed by atoms with Crippen LogP contribution in [0, 0.1) is 16.6 Å². The number of ether oxygens (including phenoxy) is 1. The van der Waals surface area contributed by atoms with Crippen LogP contribution in [0.25, 0.3) is 22.0 Å². The molecule has 0 aliphatic heterocycles. The molecule has 3 aromatic heterocycles. The number of nitrogens with zero attached hydrogens (tertiary/aromatic N) is 4. The number of anilines is 1. The highest BCUT2D eigenvalue weighted by Gasteiger charge is 2.14. The highest BCUT2D eigenvalue weighted by molar-refractivity contribution is 8.13. The molecule has 4 aromatic rings. The largest absolute Gasteiger partial charge is 0.494 e. The first kappa shape index (κ1) is 22.5. The van der Waals surface area contributed by atoms with E-state index in [1.54, 1.807) is 49.7 Å². The van der Waals surface area contributed by atoms with E-state index >= 15 is 0 Å². The summed E-state index contributed by atoms with van der Waals surface area (Å²) < 4.78 is 22.9. The van der Waals surface area contributed by atoms with E-state index in [-0.39, 0.29) is 11.8 Å². The summed E-state index contributed by atoms with van der Waals surface area (Å²) >= 11 is 1.08. The predicted octanol–water partition coefficient (Wildman–Crippen LogP) is 3.04. The van der Waals surface area contributed by atoms with Crippen molar-refractivity contribution in [3.63, 3.8) is 0 Å². The molecule has 0 aliphatic carbocycles. The zero-order valence-electron chi connectivity index (χ0n) is 18.0. The van der Waals surface area contributed by atoms with Gasteiger partial charge in [0.25, 0.3) is 0 Å². The Bertz CT molecular complexity index is 1400. The Morgan fingerprint density at radius 3 is 2.76 bits per heavy atom. The monoisotopic (exact) mass is 467 g/mol. The molecule has 0 bridgehead atoms. The van der Waals surface area contributed by atoms with Gasteiger partial charge in [-0.15, -0.1) is 0 Å². The third kappa shape index (κ3) is 4.59. The van der Waals surface area contributed by atoms with E-state index in [2.05, 4.69) is 15.4 Å². The summed E-state index contributed by atoms with van der Waals surface area (Å²) in [6.07, 6.45) is 6.54. The molecular formula is C22H22FN7O2S. The van der Waals surface area contributed by atoms with Gasteiger partial charge in [0.05, 0.1) is 37.3 Å². The summed E-state index contributed by atoms with van der Waals surface area (Å²) in [7, 11) is 3.31. The summed E-state index contributed by atoms with van der Waals surface area (Å²) in [5, 5.41) is 33.6. The van der Waals surface area contributed by atoms with Gasteiger partial charge in [-0.25, -0.2) is 4.39 Å². The molecule has 0 radical (unpaired) electrons. The van der Waals surface area contributed by atoms with E-state index in [1.807, 2.05) is 12.1 Å². The molecule has 0 spiro atoms. The number of aliphatic hydroxyl groups excluding tert-OH is 1. The number of rotatable bonds is 6. The standard InChI is InChI=1S/C22H22FN7O2S/c1-29-11-14(9-28-29)13-7-17(23)21(24)30(12-13)22(25)33-15-3-4-18-16(8-15)20(32-2)19(10-27-18)26-5-6-31/h3-4,7-12,24-26,31H,5-6H2,1-2H3. The van der Waals surface area contributed by atoms with Crippen LogP contribution >= 0.6 is 11.8 Å². The number of nitrogens with one attached hydrogen (secondary N) is 3. The molecule has 170 valence electrons. The molecule has 9 nitrogen and oxygen atoms in total. The van der Waals surface area contributed by atoms with E-state index in [1.165, 1.54) is 10.6 Å². The van der Waals surface area contributed by atoms with Gasteiger partial charge in [0, 0.05) is 47.4 Å². The first-order chi connectivity index (χ1) is 15.9. The fourth-order valence-electron chi connectivity index (χ4n) is 3.36. The lowest BCUT2D eigenvalue weighted by atomic mass is 10.1. The smallest absolute Gasteiger partial charge is 0.171 e. The lowest BCUT2D eigenvalue weighted by Gasteiger charge is -2.14. The van der Waals surface area contributed by atoms with Gasteiger partial charge in [0.15, 0.2) is 22.2 Å². The van der Waals surface area contributed by atoms with Crippen LogP contribution in [0.2, 0.25) is 0 Å². The van der Waals surface area contributed by atoms with E-state index in [4.69, 9.17) is 20.7 Å². The van der Waals surface area contributed by atoms with Gasteiger partial charge in [0.2, 0.25) is 0 Å². The van der Waals surface area contributed by atoms with Gasteiger partial charge < -0.3 is 15.2 Å². The van der Waals surface area contributed by atoms with Gasteiger partial charge in [-0.2, -0.15) is 5.10 Å². The minimum atomic E-state index is -0.731. The number of thioether (sulfide) groups is 1. The Morgan fingerprint density at radius 1 is 1.24 bits per heavy atom.